The van der Waals surface area contributed by atoms with Gasteiger partial charge in [0.25, 0.3) is 5.91 Å². The van der Waals surface area contributed by atoms with Crippen LogP contribution >= 0.6 is 0 Å². The molecule has 0 saturated heterocycles. The van der Waals surface area contributed by atoms with Crippen LogP contribution in [0.2, 0.25) is 0 Å². The normalized spacial score (nSPS) is 11.0. The minimum absolute atomic E-state index is 0.0305. The zero-order chi connectivity index (χ0) is 20.0. The summed E-state index contributed by atoms with van der Waals surface area (Å²) in [5.74, 6) is 0.657. The molecule has 2 rings (SSSR count). The van der Waals surface area contributed by atoms with Crippen molar-refractivity contribution in [2.75, 3.05) is 45.5 Å². The minimum Gasteiger partial charge on any atom is -0.493 e. The quantitative estimate of drug-likeness (QED) is 0.723. The van der Waals surface area contributed by atoms with E-state index < -0.39 is 9.84 Å². The second-order valence-electron chi connectivity index (χ2n) is 5.86. The van der Waals surface area contributed by atoms with Crippen molar-refractivity contribution in [1.29, 1.82) is 0 Å². The number of aromatic nitrogens is 1. The summed E-state index contributed by atoms with van der Waals surface area (Å²) >= 11 is 0. The van der Waals surface area contributed by atoms with Gasteiger partial charge in [-0.1, -0.05) is 0 Å². The molecule has 0 atom stereocenters. The number of ether oxygens (including phenoxy) is 2. The van der Waals surface area contributed by atoms with Crippen LogP contribution in [0.5, 0.6) is 11.5 Å². The Labute approximate surface area is 159 Å². The molecule has 9 heteroatoms. The van der Waals surface area contributed by atoms with Gasteiger partial charge in [0.1, 0.15) is 5.82 Å². The van der Waals surface area contributed by atoms with Crippen LogP contribution in [0.3, 0.4) is 0 Å². The molecule has 0 aliphatic rings. The van der Waals surface area contributed by atoms with Crippen molar-refractivity contribution in [3.8, 4) is 11.5 Å². The van der Waals surface area contributed by atoms with Crippen LogP contribution in [0.25, 0.3) is 0 Å². The molecular formula is C18H23N3O5S. The maximum absolute atomic E-state index is 12.5. The SMILES string of the molecule is COc1ccc(S(=O)(=O)CCNC(=O)c2cccnc2N(C)C)cc1OC. The fourth-order valence-electron chi connectivity index (χ4n) is 2.45. The number of carbonyl (C=O) groups is 1. The van der Waals surface area contributed by atoms with E-state index in [1.165, 1.54) is 32.4 Å². The molecule has 0 radical (unpaired) electrons. The number of pyridine rings is 1. The van der Waals surface area contributed by atoms with Gasteiger partial charge in [-0.15, -0.1) is 0 Å². The maximum atomic E-state index is 12.5. The highest BCUT2D eigenvalue weighted by Gasteiger charge is 2.19. The van der Waals surface area contributed by atoms with Crippen molar-refractivity contribution in [2.24, 2.45) is 0 Å². The molecule has 1 N–H and O–H groups in total. The van der Waals surface area contributed by atoms with E-state index in [0.29, 0.717) is 22.9 Å². The fourth-order valence-corrected chi connectivity index (χ4v) is 3.62. The van der Waals surface area contributed by atoms with E-state index in [9.17, 15) is 13.2 Å². The lowest BCUT2D eigenvalue weighted by Gasteiger charge is -2.15. The monoisotopic (exact) mass is 393 g/mol. The zero-order valence-electron chi connectivity index (χ0n) is 15.7. The highest BCUT2D eigenvalue weighted by molar-refractivity contribution is 7.91. The third-order valence-corrected chi connectivity index (χ3v) is 5.54. The maximum Gasteiger partial charge on any atom is 0.255 e. The third kappa shape index (κ3) is 4.88. The number of hydrogen-bond acceptors (Lipinski definition) is 7. The van der Waals surface area contributed by atoms with E-state index in [-0.39, 0.29) is 23.1 Å². The van der Waals surface area contributed by atoms with Crippen LogP contribution in [0.15, 0.2) is 41.4 Å². The number of carbonyl (C=O) groups excluding carboxylic acids is 1. The topological polar surface area (TPSA) is 97.8 Å². The summed E-state index contributed by atoms with van der Waals surface area (Å²) in [5.41, 5.74) is 0.381. The van der Waals surface area contributed by atoms with Crippen molar-refractivity contribution in [3.63, 3.8) is 0 Å². The van der Waals surface area contributed by atoms with Gasteiger partial charge < -0.3 is 19.7 Å². The molecule has 0 unspecified atom stereocenters. The highest BCUT2D eigenvalue weighted by atomic mass is 32.2. The van der Waals surface area contributed by atoms with Gasteiger partial charge in [0.15, 0.2) is 21.3 Å². The van der Waals surface area contributed by atoms with Crippen molar-refractivity contribution in [3.05, 3.63) is 42.1 Å². The number of sulfone groups is 1. The standard InChI is InChI=1S/C18H23N3O5S/c1-21(2)17-14(6-5-9-19-17)18(22)20-10-11-27(23,24)13-7-8-15(25-3)16(12-13)26-4/h5-9,12H,10-11H2,1-4H3,(H,20,22). The fraction of sp³-hybridized carbons (Fsp3) is 0.333. The number of rotatable bonds is 8. The molecule has 1 amide bonds. The lowest BCUT2D eigenvalue weighted by Crippen LogP contribution is -2.30. The summed E-state index contributed by atoms with van der Waals surface area (Å²) in [4.78, 5) is 18.3. The Morgan fingerprint density at radius 1 is 1.15 bits per heavy atom. The van der Waals surface area contributed by atoms with E-state index in [0.717, 1.165) is 0 Å². The molecule has 146 valence electrons. The molecule has 0 aliphatic heterocycles. The highest BCUT2D eigenvalue weighted by Crippen LogP contribution is 2.29. The van der Waals surface area contributed by atoms with Gasteiger partial charge in [0.2, 0.25) is 0 Å². The minimum atomic E-state index is -3.60. The molecule has 2 aromatic rings. The molecule has 0 bridgehead atoms. The van der Waals surface area contributed by atoms with Gasteiger partial charge in [0.05, 0.1) is 30.4 Å². The molecular weight excluding hydrogens is 370 g/mol. The molecule has 0 saturated carbocycles. The second kappa shape index (κ2) is 8.72. The van der Waals surface area contributed by atoms with Gasteiger partial charge >= 0.3 is 0 Å². The van der Waals surface area contributed by atoms with Crippen molar-refractivity contribution in [2.45, 2.75) is 4.90 Å². The van der Waals surface area contributed by atoms with Gasteiger partial charge in [-0.25, -0.2) is 13.4 Å². The Bertz CT molecular complexity index is 913. The molecule has 0 aliphatic carbocycles. The number of amides is 1. The van der Waals surface area contributed by atoms with E-state index in [1.807, 2.05) is 0 Å². The second-order valence-corrected chi connectivity index (χ2v) is 7.97. The number of nitrogens with one attached hydrogen (secondary N) is 1. The predicted molar refractivity (Wildman–Crippen MR) is 102 cm³/mol. The number of methoxy groups -OCH3 is 2. The Kier molecular flexibility index (Phi) is 6.62. The van der Waals surface area contributed by atoms with Gasteiger partial charge in [0, 0.05) is 32.9 Å². The van der Waals surface area contributed by atoms with E-state index >= 15 is 0 Å². The molecule has 27 heavy (non-hydrogen) atoms. The zero-order valence-corrected chi connectivity index (χ0v) is 16.5. The van der Waals surface area contributed by atoms with Crippen molar-refractivity contribution >= 4 is 21.6 Å². The first kappa shape index (κ1) is 20.5. The molecule has 0 fully saturated rings. The Morgan fingerprint density at radius 3 is 2.48 bits per heavy atom. The summed E-state index contributed by atoms with van der Waals surface area (Å²) in [6.07, 6.45) is 1.59. The predicted octanol–water partition coefficient (Wildman–Crippen LogP) is 1.37. The van der Waals surface area contributed by atoms with Crippen LogP contribution in [-0.2, 0) is 9.84 Å². The number of anilines is 1. The van der Waals surface area contributed by atoms with Gasteiger partial charge in [-0.05, 0) is 24.3 Å². The first-order chi connectivity index (χ1) is 12.8. The smallest absolute Gasteiger partial charge is 0.255 e. The van der Waals surface area contributed by atoms with Crippen LogP contribution in [0.4, 0.5) is 5.82 Å². The first-order valence-electron chi connectivity index (χ1n) is 8.15. The number of hydrogen-bond donors (Lipinski definition) is 1. The van der Waals surface area contributed by atoms with Crippen LogP contribution in [0.1, 0.15) is 10.4 Å². The molecule has 8 nitrogen and oxygen atoms in total. The van der Waals surface area contributed by atoms with Crippen molar-refractivity contribution < 1.29 is 22.7 Å². The van der Waals surface area contributed by atoms with Crippen LogP contribution in [-0.4, -0.2) is 59.9 Å². The Balaban J connectivity index is 2.07. The Morgan fingerprint density at radius 2 is 1.85 bits per heavy atom. The first-order valence-corrected chi connectivity index (χ1v) is 9.80. The number of benzene rings is 1. The largest absolute Gasteiger partial charge is 0.493 e. The van der Waals surface area contributed by atoms with E-state index in [4.69, 9.17) is 9.47 Å². The Hall–Kier alpha value is -2.81. The third-order valence-electron chi connectivity index (χ3n) is 3.83. The lowest BCUT2D eigenvalue weighted by atomic mass is 10.2. The molecule has 1 aromatic carbocycles. The molecule has 1 aromatic heterocycles. The lowest BCUT2D eigenvalue weighted by molar-refractivity contribution is 0.0956. The van der Waals surface area contributed by atoms with Crippen molar-refractivity contribution in [1.82, 2.24) is 10.3 Å². The number of nitrogens with zero attached hydrogens (tertiary/aromatic N) is 2. The average molecular weight is 393 g/mol. The molecule has 0 spiro atoms. The van der Waals surface area contributed by atoms with Crippen LogP contribution < -0.4 is 19.7 Å². The summed E-state index contributed by atoms with van der Waals surface area (Å²) in [6, 6.07) is 7.68. The van der Waals surface area contributed by atoms with E-state index in [1.54, 1.807) is 37.3 Å². The summed E-state index contributed by atoms with van der Waals surface area (Å²) < 4.78 is 35.3. The molecule has 1 heterocycles. The summed E-state index contributed by atoms with van der Waals surface area (Å²) in [7, 11) is 2.87. The van der Waals surface area contributed by atoms with Gasteiger partial charge in [-0.2, -0.15) is 0 Å². The van der Waals surface area contributed by atoms with Gasteiger partial charge in [-0.3, -0.25) is 4.79 Å². The van der Waals surface area contributed by atoms with E-state index in [2.05, 4.69) is 10.3 Å². The van der Waals surface area contributed by atoms with Crippen LogP contribution in [0, 0.1) is 0 Å². The summed E-state index contributed by atoms with van der Waals surface area (Å²) in [5, 5.41) is 2.63. The summed E-state index contributed by atoms with van der Waals surface area (Å²) in [6.45, 7) is -0.0305. The average Bonchev–Trinajstić information content (AvgIpc) is 2.67.